The van der Waals surface area contributed by atoms with Crippen LogP contribution in [0, 0.1) is 0 Å². The number of halogens is 1. The van der Waals surface area contributed by atoms with Gasteiger partial charge in [0.25, 0.3) is 0 Å². The van der Waals surface area contributed by atoms with Crippen LogP contribution >= 0.6 is 11.6 Å². The summed E-state index contributed by atoms with van der Waals surface area (Å²) >= 11 is 5.93. The average molecular weight is 238 g/mol. The lowest BCUT2D eigenvalue weighted by molar-refractivity contribution is 0.471. The van der Waals surface area contributed by atoms with Gasteiger partial charge in [-0.25, -0.2) is 0 Å². The Bertz CT molecular complexity index is 320. The summed E-state index contributed by atoms with van der Waals surface area (Å²) in [6.45, 7) is 0. The van der Waals surface area contributed by atoms with Crippen molar-refractivity contribution in [2.45, 2.75) is 44.1 Å². The molecule has 88 valence electrons. The van der Waals surface area contributed by atoms with Crippen molar-refractivity contribution in [3.63, 3.8) is 0 Å². The summed E-state index contributed by atoms with van der Waals surface area (Å²) in [7, 11) is 2.08. The van der Waals surface area contributed by atoms with Gasteiger partial charge in [-0.05, 0) is 49.9 Å². The minimum Gasteiger partial charge on any atom is -0.317 e. The Morgan fingerprint density at radius 3 is 2.50 bits per heavy atom. The van der Waals surface area contributed by atoms with Crippen LogP contribution in [0.1, 0.15) is 43.6 Å². The minimum absolute atomic E-state index is 0.683. The van der Waals surface area contributed by atoms with E-state index >= 15 is 0 Å². The van der Waals surface area contributed by atoms with Crippen LogP contribution in [-0.2, 0) is 0 Å². The first-order chi connectivity index (χ1) is 7.79. The molecule has 0 bridgehead atoms. The van der Waals surface area contributed by atoms with Gasteiger partial charge in [0.1, 0.15) is 0 Å². The number of hydrogen-bond acceptors (Lipinski definition) is 1. The molecule has 2 atom stereocenters. The van der Waals surface area contributed by atoms with E-state index in [4.69, 9.17) is 11.6 Å². The molecule has 1 saturated carbocycles. The lowest BCUT2D eigenvalue weighted by atomic mass is 9.90. The van der Waals surface area contributed by atoms with Crippen LogP contribution < -0.4 is 5.32 Å². The van der Waals surface area contributed by atoms with E-state index in [9.17, 15) is 0 Å². The molecule has 1 nitrogen and oxygen atoms in total. The topological polar surface area (TPSA) is 12.0 Å². The van der Waals surface area contributed by atoms with Gasteiger partial charge in [-0.3, -0.25) is 0 Å². The third-order valence-electron chi connectivity index (χ3n) is 3.67. The number of rotatable bonds is 2. The predicted molar refractivity (Wildman–Crippen MR) is 70.1 cm³/mol. The lowest BCUT2D eigenvalue weighted by Gasteiger charge is -2.19. The second kappa shape index (κ2) is 5.70. The first kappa shape index (κ1) is 11.9. The number of nitrogens with one attached hydrogen (secondary N) is 1. The van der Waals surface area contributed by atoms with Crippen molar-refractivity contribution < 1.29 is 0 Å². The summed E-state index contributed by atoms with van der Waals surface area (Å²) in [5, 5.41) is 4.26. The molecule has 2 rings (SSSR count). The normalized spacial score (nSPS) is 26.4. The molecule has 0 aliphatic heterocycles. The Hall–Kier alpha value is -0.530. The molecule has 1 aromatic carbocycles. The van der Waals surface area contributed by atoms with Crippen molar-refractivity contribution in [2.75, 3.05) is 7.05 Å². The molecule has 1 fully saturated rings. The van der Waals surface area contributed by atoms with E-state index < -0.39 is 0 Å². The first-order valence-electron chi connectivity index (χ1n) is 6.22. The molecule has 2 unspecified atom stereocenters. The Balaban J connectivity index is 2.09. The van der Waals surface area contributed by atoms with E-state index in [1.54, 1.807) is 0 Å². The van der Waals surface area contributed by atoms with E-state index in [2.05, 4.69) is 24.5 Å². The predicted octanol–water partition coefficient (Wildman–Crippen LogP) is 3.98. The van der Waals surface area contributed by atoms with Crippen molar-refractivity contribution >= 4 is 11.6 Å². The molecule has 1 N–H and O–H groups in total. The zero-order valence-corrected chi connectivity index (χ0v) is 10.6. The smallest absolute Gasteiger partial charge is 0.0406 e. The Morgan fingerprint density at radius 1 is 1.12 bits per heavy atom. The largest absolute Gasteiger partial charge is 0.317 e. The first-order valence-corrected chi connectivity index (χ1v) is 6.60. The summed E-state index contributed by atoms with van der Waals surface area (Å²) in [6, 6.07) is 9.07. The summed E-state index contributed by atoms with van der Waals surface area (Å²) in [6.07, 6.45) is 6.61. The van der Waals surface area contributed by atoms with Crippen LogP contribution in [-0.4, -0.2) is 13.1 Å². The number of hydrogen-bond donors (Lipinski definition) is 1. The molecular formula is C14H20ClN. The fraction of sp³-hybridized carbons (Fsp3) is 0.571. The van der Waals surface area contributed by atoms with Gasteiger partial charge >= 0.3 is 0 Å². The molecule has 0 spiro atoms. The van der Waals surface area contributed by atoms with Crippen molar-refractivity contribution in [1.29, 1.82) is 0 Å². The maximum absolute atomic E-state index is 5.93. The number of benzene rings is 1. The molecule has 0 saturated heterocycles. The van der Waals surface area contributed by atoms with Gasteiger partial charge in [0.05, 0.1) is 0 Å². The van der Waals surface area contributed by atoms with Crippen LogP contribution in [0.15, 0.2) is 24.3 Å². The summed E-state index contributed by atoms with van der Waals surface area (Å²) in [5.74, 6) is 0.706. The molecular weight excluding hydrogens is 218 g/mol. The molecule has 0 aromatic heterocycles. The fourth-order valence-electron chi connectivity index (χ4n) is 2.66. The minimum atomic E-state index is 0.683. The van der Waals surface area contributed by atoms with Crippen LogP contribution in [0.25, 0.3) is 0 Å². The highest BCUT2D eigenvalue weighted by Crippen LogP contribution is 2.32. The van der Waals surface area contributed by atoms with Gasteiger partial charge in [-0.2, -0.15) is 0 Å². The monoisotopic (exact) mass is 237 g/mol. The van der Waals surface area contributed by atoms with Gasteiger partial charge in [-0.1, -0.05) is 36.6 Å². The average Bonchev–Trinajstić information content (AvgIpc) is 2.55. The highest BCUT2D eigenvalue weighted by atomic mass is 35.5. The maximum atomic E-state index is 5.93. The van der Waals surface area contributed by atoms with E-state index in [-0.39, 0.29) is 0 Å². The zero-order valence-electron chi connectivity index (χ0n) is 9.88. The summed E-state index contributed by atoms with van der Waals surface area (Å²) < 4.78 is 0. The van der Waals surface area contributed by atoms with Gasteiger partial charge in [-0.15, -0.1) is 0 Å². The Morgan fingerprint density at radius 2 is 1.81 bits per heavy atom. The van der Waals surface area contributed by atoms with Gasteiger partial charge < -0.3 is 5.32 Å². The Labute approximate surface area is 103 Å². The molecule has 16 heavy (non-hydrogen) atoms. The molecule has 1 aromatic rings. The van der Waals surface area contributed by atoms with E-state index in [1.807, 2.05) is 12.1 Å². The quantitative estimate of drug-likeness (QED) is 0.768. The van der Waals surface area contributed by atoms with E-state index in [0.717, 1.165) is 5.02 Å². The standard InChI is InChI=1S/C14H20ClN/c1-16-14-5-3-2-4-12(10-14)11-6-8-13(15)9-7-11/h6-9,12,14,16H,2-5,10H2,1H3. The SMILES string of the molecule is CNC1CCCCC(c2ccc(Cl)cc2)C1. The maximum Gasteiger partial charge on any atom is 0.0406 e. The second-order valence-corrected chi connectivity index (χ2v) is 5.19. The van der Waals surface area contributed by atoms with E-state index in [0.29, 0.717) is 12.0 Å². The molecule has 1 aliphatic carbocycles. The molecule has 0 heterocycles. The lowest BCUT2D eigenvalue weighted by Crippen LogP contribution is -2.25. The highest BCUT2D eigenvalue weighted by molar-refractivity contribution is 6.30. The van der Waals surface area contributed by atoms with Crippen molar-refractivity contribution in [3.8, 4) is 0 Å². The van der Waals surface area contributed by atoms with Crippen LogP contribution in [0.4, 0.5) is 0 Å². The van der Waals surface area contributed by atoms with Gasteiger partial charge in [0.15, 0.2) is 0 Å². The second-order valence-electron chi connectivity index (χ2n) is 4.75. The van der Waals surface area contributed by atoms with Crippen molar-refractivity contribution in [1.82, 2.24) is 5.32 Å². The third-order valence-corrected chi connectivity index (χ3v) is 3.93. The van der Waals surface area contributed by atoms with Crippen LogP contribution in [0.5, 0.6) is 0 Å². The molecule has 2 heteroatoms. The van der Waals surface area contributed by atoms with Crippen molar-refractivity contribution in [3.05, 3.63) is 34.9 Å². The van der Waals surface area contributed by atoms with Crippen LogP contribution in [0.3, 0.4) is 0 Å². The fourth-order valence-corrected chi connectivity index (χ4v) is 2.79. The highest BCUT2D eigenvalue weighted by Gasteiger charge is 2.20. The third kappa shape index (κ3) is 2.99. The summed E-state index contributed by atoms with van der Waals surface area (Å²) in [4.78, 5) is 0. The molecule has 0 radical (unpaired) electrons. The van der Waals surface area contributed by atoms with Gasteiger partial charge in [0.2, 0.25) is 0 Å². The van der Waals surface area contributed by atoms with Crippen LogP contribution in [0.2, 0.25) is 5.02 Å². The molecule has 0 amide bonds. The van der Waals surface area contributed by atoms with Gasteiger partial charge in [0, 0.05) is 11.1 Å². The Kier molecular flexibility index (Phi) is 4.25. The molecule has 1 aliphatic rings. The van der Waals surface area contributed by atoms with E-state index in [1.165, 1.54) is 37.7 Å². The van der Waals surface area contributed by atoms with Crippen molar-refractivity contribution in [2.24, 2.45) is 0 Å². The zero-order chi connectivity index (χ0) is 11.4. The summed E-state index contributed by atoms with van der Waals surface area (Å²) in [5.41, 5.74) is 1.45.